The molecule has 0 aliphatic carbocycles. The molecule has 0 aliphatic rings. The van der Waals surface area contributed by atoms with Crippen LogP contribution in [-0.2, 0) is 4.79 Å². The number of hydrogen-bond donors (Lipinski definition) is 3. The van der Waals surface area contributed by atoms with Gasteiger partial charge in [-0.15, -0.1) is 0 Å². The molecular formula is C15H24N3O2+. The Balaban J connectivity index is 2.31. The van der Waals surface area contributed by atoms with Gasteiger partial charge in [0.2, 0.25) is 0 Å². The maximum atomic E-state index is 11.7. The summed E-state index contributed by atoms with van der Waals surface area (Å²) in [5, 5.41) is 6.93. The molecule has 0 radical (unpaired) electrons. The van der Waals surface area contributed by atoms with Gasteiger partial charge in [-0.05, 0) is 20.3 Å². The van der Waals surface area contributed by atoms with Gasteiger partial charge in [0.05, 0.1) is 0 Å². The summed E-state index contributed by atoms with van der Waals surface area (Å²) < 4.78 is 0. The van der Waals surface area contributed by atoms with Gasteiger partial charge in [0, 0.05) is 11.6 Å². The fourth-order valence-electron chi connectivity index (χ4n) is 1.72. The third kappa shape index (κ3) is 5.84. The molecule has 1 rings (SSSR count). The molecule has 0 bridgehead atoms. The Morgan fingerprint density at radius 3 is 2.45 bits per heavy atom. The largest absolute Gasteiger partial charge is 0.335 e. The monoisotopic (exact) mass is 278 g/mol. The average Bonchev–Trinajstić information content (AvgIpc) is 2.45. The first-order valence-electron chi connectivity index (χ1n) is 7.01. The number of imide groups is 1. The molecule has 1 aromatic rings. The molecule has 0 unspecified atom stereocenters. The van der Waals surface area contributed by atoms with Crippen LogP contribution in [0.2, 0.25) is 0 Å². The Morgan fingerprint density at radius 2 is 1.85 bits per heavy atom. The number of carbonyl (C=O) groups excluding carboxylic acids is 2. The summed E-state index contributed by atoms with van der Waals surface area (Å²) in [5.41, 5.74) is 1.16. The van der Waals surface area contributed by atoms with Crippen molar-refractivity contribution in [3.63, 3.8) is 0 Å². The quantitative estimate of drug-likeness (QED) is 0.724. The summed E-state index contributed by atoms with van der Waals surface area (Å²) in [6.45, 7) is 6.13. The molecule has 20 heavy (non-hydrogen) atoms. The van der Waals surface area contributed by atoms with Crippen LogP contribution in [0.15, 0.2) is 30.3 Å². The van der Waals surface area contributed by atoms with Gasteiger partial charge in [-0.2, -0.15) is 0 Å². The highest BCUT2D eigenvalue weighted by Gasteiger charge is 2.14. The van der Waals surface area contributed by atoms with Crippen molar-refractivity contribution in [3.05, 3.63) is 35.9 Å². The summed E-state index contributed by atoms with van der Waals surface area (Å²) in [4.78, 5) is 23.1. The minimum absolute atomic E-state index is 0.0648. The van der Waals surface area contributed by atoms with Crippen molar-refractivity contribution in [3.8, 4) is 0 Å². The number of benzene rings is 1. The Morgan fingerprint density at radius 1 is 1.20 bits per heavy atom. The number of nitrogens with two attached hydrogens (primary N) is 1. The number of amides is 3. The van der Waals surface area contributed by atoms with E-state index in [-0.39, 0.29) is 24.5 Å². The van der Waals surface area contributed by atoms with E-state index in [1.807, 2.05) is 56.4 Å². The van der Waals surface area contributed by atoms with Gasteiger partial charge < -0.3 is 10.6 Å². The highest BCUT2D eigenvalue weighted by Crippen LogP contribution is 2.05. The zero-order chi connectivity index (χ0) is 15.0. The number of carbonyl (C=O) groups is 2. The van der Waals surface area contributed by atoms with E-state index in [1.54, 1.807) is 0 Å². The predicted molar refractivity (Wildman–Crippen MR) is 78.1 cm³/mol. The molecule has 0 aromatic heterocycles. The fourth-order valence-corrected chi connectivity index (χ4v) is 1.72. The SMILES string of the molecule is CC[C@@H](C)NC(=O)NC(=O)C[NH2+][C@@H](C)c1ccccc1. The lowest BCUT2D eigenvalue weighted by atomic mass is 10.1. The highest BCUT2D eigenvalue weighted by atomic mass is 16.2. The molecule has 0 heterocycles. The molecular weight excluding hydrogens is 254 g/mol. The maximum absolute atomic E-state index is 11.7. The molecule has 5 nitrogen and oxygen atoms in total. The second kappa shape index (κ2) is 8.32. The first-order chi connectivity index (χ1) is 9.52. The lowest BCUT2D eigenvalue weighted by Gasteiger charge is -2.13. The van der Waals surface area contributed by atoms with Crippen LogP contribution in [0.3, 0.4) is 0 Å². The van der Waals surface area contributed by atoms with Gasteiger partial charge in [0.15, 0.2) is 6.54 Å². The zero-order valence-corrected chi connectivity index (χ0v) is 12.3. The maximum Gasteiger partial charge on any atom is 0.321 e. The van der Waals surface area contributed by atoms with Gasteiger partial charge in [-0.3, -0.25) is 10.1 Å². The van der Waals surface area contributed by atoms with E-state index < -0.39 is 6.03 Å². The van der Waals surface area contributed by atoms with Gasteiger partial charge in [0.1, 0.15) is 6.04 Å². The number of nitrogens with one attached hydrogen (secondary N) is 2. The fraction of sp³-hybridized carbons (Fsp3) is 0.467. The van der Waals surface area contributed by atoms with Gasteiger partial charge in [-0.1, -0.05) is 37.3 Å². The van der Waals surface area contributed by atoms with Crippen LogP contribution < -0.4 is 16.0 Å². The van der Waals surface area contributed by atoms with E-state index >= 15 is 0 Å². The Hall–Kier alpha value is -1.88. The summed E-state index contributed by atoms with van der Waals surface area (Å²) >= 11 is 0. The number of rotatable bonds is 6. The van der Waals surface area contributed by atoms with Crippen LogP contribution in [0, 0.1) is 0 Å². The first kappa shape index (κ1) is 16.2. The molecule has 0 saturated heterocycles. The lowest BCUT2D eigenvalue weighted by molar-refractivity contribution is -0.682. The third-order valence-electron chi connectivity index (χ3n) is 3.22. The van der Waals surface area contributed by atoms with Crippen LogP contribution in [-0.4, -0.2) is 24.5 Å². The van der Waals surface area contributed by atoms with Crippen molar-refractivity contribution in [1.82, 2.24) is 10.6 Å². The molecule has 110 valence electrons. The number of hydrogen-bond acceptors (Lipinski definition) is 2. The van der Waals surface area contributed by atoms with Crippen molar-refractivity contribution in [2.75, 3.05) is 6.54 Å². The zero-order valence-electron chi connectivity index (χ0n) is 12.3. The molecule has 4 N–H and O–H groups in total. The van der Waals surface area contributed by atoms with E-state index in [9.17, 15) is 9.59 Å². The Kier molecular flexibility index (Phi) is 6.73. The molecule has 5 heteroatoms. The van der Waals surface area contributed by atoms with Crippen molar-refractivity contribution >= 4 is 11.9 Å². The molecule has 2 atom stereocenters. The second-order valence-corrected chi connectivity index (χ2v) is 4.97. The lowest BCUT2D eigenvalue weighted by Crippen LogP contribution is -2.87. The van der Waals surface area contributed by atoms with Crippen LogP contribution >= 0.6 is 0 Å². The Bertz CT molecular complexity index is 434. The van der Waals surface area contributed by atoms with E-state index in [1.165, 1.54) is 0 Å². The Labute approximate surface area is 120 Å². The van der Waals surface area contributed by atoms with Gasteiger partial charge in [-0.25, -0.2) is 4.79 Å². The smallest absolute Gasteiger partial charge is 0.321 e. The summed E-state index contributed by atoms with van der Waals surface area (Å²) in [5.74, 6) is -0.284. The van der Waals surface area contributed by atoms with Crippen LogP contribution in [0.1, 0.15) is 38.8 Å². The van der Waals surface area contributed by atoms with Gasteiger partial charge >= 0.3 is 6.03 Å². The van der Waals surface area contributed by atoms with E-state index in [0.29, 0.717) is 0 Å². The number of urea groups is 1. The molecule has 0 aliphatic heterocycles. The van der Waals surface area contributed by atoms with Crippen LogP contribution in [0.25, 0.3) is 0 Å². The molecule has 0 fully saturated rings. The van der Waals surface area contributed by atoms with E-state index in [2.05, 4.69) is 10.6 Å². The minimum atomic E-state index is -0.426. The summed E-state index contributed by atoms with van der Waals surface area (Å²) in [6, 6.07) is 9.77. The predicted octanol–water partition coefficient (Wildman–Crippen LogP) is 0.935. The minimum Gasteiger partial charge on any atom is -0.335 e. The average molecular weight is 278 g/mol. The molecule has 0 spiro atoms. The first-order valence-corrected chi connectivity index (χ1v) is 7.01. The third-order valence-corrected chi connectivity index (χ3v) is 3.22. The molecule has 3 amide bonds. The van der Waals surface area contributed by atoms with Crippen molar-refractivity contribution < 1.29 is 14.9 Å². The normalized spacial score (nSPS) is 13.3. The van der Waals surface area contributed by atoms with Crippen LogP contribution in [0.4, 0.5) is 4.79 Å². The summed E-state index contributed by atoms with van der Waals surface area (Å²) in [6.07, 6.45) is 0.832. The number of quaternary nitrogens is 1. The van der Waals surface area contributed by atoms with E-state index in [4.69, 9.17) is 0 Å². The van der Waals surface area contributed by atoms with Gasteiger partial charge in [0.25, 0.3) is 5.91 Å². The molecule has 0 saturated carbocycles. The highest BCUT2D eigenvalue weighted by molar-refractivity contribution is 5.94. The van der Waals surface area contributed by atoms with Crippen LogP contribution in [0.5, 0.6) is 0 Å². The van der Waals surface area contributed by atoms with Crippen molar-refractivity contribution in [2.24, 2.45) is 0 Å². The van der Waals surface area contributed by atoms with Crippen molar-refractivity contribution in [2.45, 2.75) is 39.3 Å². The molecule has 1 aromatic carbocycles. The van der Waals surface area contributed by atoms with E-state index in [0.717, 1.165) is 12.0 Å². The summed E-state index contributed by atoms with van der Waals surface area (Å²) in [7, 11) is 0. The topological polar surface area (TPSA) is 74.8 Å². The van der Waals surface area contributed by atoms with Crippen molar-refractivity contribution in [1.29, 1.82) is 0 Å². The standard InChI is InChI=1S/C15H23N3O2/c1-4-11(2)17-15(20)18-14(19)10-16-12(3)13-8-6-5-7-9-13/h5-9,11-12,16H,4,10H2,1-3H3,(H2,17,18,19,20)/p+1/t11-,12+/m1/s1. The second-order valence-electron chi connectivity index (χ2n) is 4.97.